The number of aryl methyl sites for hydroxylation is 1. The maximum absolute atomic E-state index is 12.4. The van der Waals surface area contributed by atoms with Gasteiger partial charge in [-0.2, -0.15) is 5.10 Å². The van der Waals surface area contributed by atoms with Gasteiger partial charge in [0.25, 0.3) is 11.8 Å². The Balaban J connectivity index is 1.33. The number of oxazole rings is 1. The summed E-state index contributed by atoms with van der Waals surface area (Å²) in [4.78, 5) is 34.3. The molecule has 27 heavy (non-hydrogen) atoms. The first-order chi connectivity index (χ1) is 13.2. The average molecular weight is 369 g/mol. The van der Waals surface area contributed by atoms with Crippen LogP contribution in [0.2, 0.25) is 0 Å². The Labute approximate surface area is 154 Å². The molecule has 0 radical (unpaired) electrons. The lowest BCUT2D eigenvalue weighted by atomic mass is 10.0. The van der Waals surface area contributed by atoms with E-state index in [1.165, 1.54) is 12.7 Å². The number of aromatic amines is 1. The van der Waals surface area contributed by atoms with Gasteiger partial charge < -0.3 is 19.2 Å². The number of nitrogens with one attached hydrogen (secondary N) is 2. The topological polar surface area (TPSA) is 122 Å². The summed E-state index contributed by atoms with van der Waals surface area (Å²) in [6, 6.07) is 0. The molecule has 4 rings (SSSR count). The van der Waals surface area contributed by atoms with Crippen molar-refractivity contribution >= 4 is 11.8 Å². The summed E-state index contributed by atoms with van der Waals surface area (Å²) < 4.78 is 6.83. The summed E-state index contributed by atoms with van der Waals surface area (Å²) in [5.74, 6) is -0.399. The van der Waals surface area contributed by atoms with Crippen molar-refractivity contribution in [1.82, 2.24) is 34.9 Å². The minimum absolute atomic E-state index is 0.200. The number of aromatic nitrogens is 5. The normalized spacial score (nSPS) is 13.4. The SMILES string of the molecule is O=C(NCCCn1ccnc1)c1n[nH]c2c1CCN(C(=O)c1cocn1)C2. The smallest absolute Gasteiger partial charge is 0.276 e. The number of carbonyl (C=O) groups is 2. The molecule has 0 bridgehead atoms. The highest BCUT2D eigenvalue weighted by Gasteiger charge is 2.28. The van der Waals surface area contributed by atoms with Crippen LogP contribution in [-0.2, 0) is 19.5 Å². The maximum atomic E-state index is 12.4. The highest BCUT2D eigenvalue weighted by molar-refractivity contribution is 5.94. The van der Waals surface area contributed by atoms with Crippen LogP contribution in [0.5, 0.6) is 0 Å². The van der Waals surface area contributed by atoms with E-state index in [1.54, 1.807) is 17.4 Å². The number of carbonyl (C=O) groups excluding carboxylic acids is 2. The van der Waals surface area contributed by atoms with Gasteiger partial charge in [0.1, 0.15) is 6.26 Å². The van der Waals surface area contributed by atoms with Crippen molar-refractivity contribution in [3.8, 4) is 0 Å². The van der Waals surface area contributed by atoms with E-state index in [1.807, 2.05) is 10.8 Å². The van der Waals surface area contributed by atoms with Crippen LogP contribution in [0, 0.1) is 0 Å². The molecule has 0 unspecified atom stereocenters. The van der Waals surface area contributed by atoms with Gasteiger partial charge in [-0.1, -0.05) is 0 Å². The van der Waals surface area contributed by atoms with Gasteiger partial charge in [-0.25, -0.2) is 9.97 Å². The third kappa shape index (κ3) is 3.59. The second kappa shape index (κ2) is 7.44. The zero-order valence-corrected chi connectivity index (χ0v) is 14.6. The Morgan fingerprint density at radius 3 is 3.07 bits per heavy atom. The van der Waals surface area contributed by atoms with Crippen LogP contribution >= 0.6 is 0 Å². The molecule has 4 heterocycles. The van der Waals surface area contributed by atoms with Crippen molar-refractivity contribution in [3.05, 3.63) is 54.0 Å². The summed E-state index contributed by atoms with van der Waals surface area (Å²) in [5, 5.41) is 9.94. The number of imidazole rings is 1. The fourth-order valence-corrected chi connectivity index (χ4v) is 3.13. The van der Waals surface area contributed by atoms with Crippen molar-refractivity contribution in [2.75, 3.05) is 13.1 Å². The van der Waals surface area contributed by atoms with Crippen molar-refractivity contribution < 1.29 is 14.0 Å². The fraction of sp³-hybridized carbons (Fsp3) is 0.353. The molecular formula is C17H19N7O3. The zero-order valence-electron chi connectivity index (χ0n) is 14.6. The largest absolute Gasteiger partial charge is 0.451 e. The highest BCUT2D eigenvalue weighted by atomic mass is 16.3. The first-order valence-electron chi connectivity index (χ1n) is 8.70. The molecule has 10 heteroatoms. The molecule has 0 saturated carbocycles. The molecule has 1 aliphatic rings. The highest BCUT2D eigenvalue weighted by Crippen LogP contribution is 2.21. The molecule has 0 atom stereocenters. The number of hydrogen-bond donors (Lipinski definition) is 2. The fourth-order valence-electron chi connectivity index (χ4n) is 3.13. The van der Waals surface area contributed by atoms with E-state index in [9.17, 15) is 9.59 Å². The van der Waals surface area contributed by atoms with E-state index < -0.39 is 0 Å². The minimum Gasteiger partial charge on any atom is -0.451 e. The third-order valence-corrected chi connectivity index (χ3v) is 4.53. The molecule has 0 saturated heterocycles. The van der Waals surface area contributed by atoms with Gasteiger partial charge in [0.2, 0.25) is 0 Å². The van der Waals surface area contributed by atoms with E-state index in [4.69, 9.17) is 4.42 Å². The molecule has 3 aromatic heterocycles. The molecular weight excluding hydrogens is 350 g/mol. The van der Waals surface area contributed by atoms with Crippen LogP contribution in [0.25, 0.3) is 0 Å². The number of H-pyrrole nitrogens is 1. The lowest BCUT2D eigenvalue weighted by molar-refractivity contribution is 0.0726. The van der Waals surface area contributed by atoms with Gasteiger partial charge in [-0.05, 0) is 12.8 Å². The summed E-state index contributed by atoms with van der Waals surface area (Å²) in [6.45, 7) is 2.20. The molecule has 2 amide bonds. The zero-order chi connectivity index (χ0) is 18.6. The van der Waals surface area contributed by atoms with Crippen LogP contribution in [-0.4, -0.2) is 54.5 Å². The Hall–Kier alpha value is -3.43. The Bertz CT molecular complexity index is 915. The molecule has 2 N–H and O–H groups in total. The van der Waals surface area contributed by atoms with Gasteiger partial charge in [-0.15, -0.1) is 0 Å². The van der Waals surface area contributed by atoms with Crippen LogP contribution < -0.4 is 5.32 Å². The lowest BCUT2D eigenvalue weighted by Crippen LogP contribution is -2.36. The number of nitrogens with zero attached hydrogens (tertiary/aromatic N) is 5. The molecule has 1 aliphatic heterocycles. The number of hydrogen-bond acceptors (Lipinski definition) is 6. The van der Waals surface area contributed by atoms with Crippen molar-refractivity contribution in [2.24, 2.45) is 0 Å². The average Bonchev–Trinajstić information content (AvgIpc) is 3.45. The molecule has 3 aromatic rings. The Morgan fingerprint density at radius 1 is 1.37 bits per heavy atom. The minimum atomic E-state index is -0.200. The lowest BCUT2D eigenvalue weighted by Gasteiger charge is -2.26. The van der Waals surface area contributed by atoms with Gasteiger partial charge in [0.15, 0.2) is 17.8 Å². The van der Waals surface area contributed by atoms with E-state index in [0.717, 1.165) is 24.2 Å². The summed E-state index contributed by atoms with van der Waals surface area (Å²) in [5.41, 5.74) is 2.32. The quantitative estimate of drug-likeness (QED) is 0.614. The molecule has 0 fully saturated rings. The van der Waals surface area contributed by atoms with Crippen LogP contribution in [0.3, 0.4) is 0 Å². The molecule has 10 nitrogen and oxygen atoms in total. The summed E-state index contributed by atoms with van der Waals surface area (Å²) in [7, 11) is 0. The summed E-state index contributed by atoms with van der Waals surface area (Å²) in [6.07, 6.45) is 9.28. The van der Waals surface area contributed by atoms with Crippen LogP contribution in [0.4, 0.5) is 0 Å². The van der Waals surface area contributed by atoms with Gasteiger partial charge in [-0.3, -0.25) is 14.7 Å². The van der Waals surface area contributed by atoms with E-state index in [0.29, 0.717) is 31.7 Å². The monoisotopic (exact) mass is 369 g/mol. The number of fused-ring (bicyclic) bond motifs is 1. The molecule has 0 aliphatic carbocycles. The van der Waals surface area contributed by atoms with Crippen molar-refractivity contribution in [1.29, 1.82) is 0 Å². The van der Waals surface area contributed by atoms with Crippen LogP contribution in [0.15, 0.2) is 35.8 Å². The number of amides is 2. The predicted molar refractivity (Wildman–Crippen MR) is 92.7 cm³/mol. The molecule has 0 spiro atoms. The molecule has 140 valence electrons. The van der Waals surface area contributed by atoms with Crippen molar-refractivity contribution in [2.45, 2.75) is 25.9 Å². The summed E-state index contributed by atoms with van der Waals surface area (Å²) >= 11 is 0. The second-order valence-electron chi connectivity index (χ2n) is 6.29. The van der Waals surface area contributed by atoms with E-state index in [-0.39, 0.29) is 17.5 Å². The first-order valence-corrected chi connectivity index (χ1v) is 8.70. The second-order valence-corrected chi connectivity index (χ2v) is 6.29. The standard InChI is InChI=1S/C17H19N7O3/c25-16(19-3-1-5-23-7-4-18-10-23)15-12-2-6-24(8-13(12)21-22-15)17(26)14-9-27-11-20-14/h4,7,9-11H,1-3,5-6,8H2,(H,19,25)(H,21,22). The Morgan fingerprint density at radius 2 is 2.30 bits per heavy atom. The van der Waals surface area contributed by atoms with E-state index in [2.05, 4.69) is 25.5 Å². The predicted octanol–water partition coefficient (Wildman–Crippen LogP) is 0.613. The third-order valence-electron chi connectivity index (χ3n) is 4.53. The van der Waals surface area contributed by atoms with Crippen LogP contribution in [0.1, 0.15) is 38.7 Å². The molecule has 0 aromatic carbocycles. The van der Waals surface area contributed by atoms with E-state index >= 15 is 0 Å². The Kier molecular flexibility index (Phi) is 4.69. The van der Waals surface area contributed by atoms with Gasteiger partial charge in [0.05, 0.1) is 18.6 Å². The number of rotatable bonds is 6. The maximum Gasteiger partial charge on any atom is 0.276 e. The van der Waals surface area contributed by atoms with Crippen molar-refractivity contribution in [3.63, 3.8) is 0 Å². The van der Waals surface area contributed by atoms with Gasteiger partial charge in [0, 0.05) is 37.6 Å². The van der Waals surface area contributed by atoms with Gasteiger partial charge >= 0.3 is 0 Å². The first kappa shape index (κ1) is 17.0.